The molecule has 21 heavy (non-hydrogen) atoms. The van der Waals surface area contributed by atoms with Crippen LogP contribution in [0.3, 0.4) is 0 Å². The lowest BCUT2D eigenvalue weighted by molar-refractivity contribution is -0.137. The highest BCUT2D eigenvalue weighted by Gasteiger charge is 2.32. The van der Waals surface area contributed by atoms with Gasteiger partial charge in [-0.2, -0.15) is 13.2 Å². The van der Waals surface area contributed by atoms with Crippen LogP contribution in [0.4, 0.5) is 17.6 Å². The molecule has 0 aliphatic rings. The van der Waals surface area contributed by atoms with E-state index in [1.54, 1.807) is 6.92 Å². The molecule has 0 heterocycles. The summed E-state index contributed by atoms with van der Waals surface area (Å²) in [7, 11) is 3.72. The Bertz CT molecular complexity index is 500. The van der Waals surface area contributed by atoms with E-state index < -0.39 is 29.0 Å². The molecule has 0 bridgehead atoms. The molecule has 1 unspecified atom stereocenters. The molecule has 118 valence electrons. The number of nitrogens with one attached hydrogen (secondary N) is 1. The van der Waals surface area contributed by atoms with E-state index in [2.05, 4.69) is 5.32 Å². The molecule has 1 amide bonds. The van der Waals surface area contributed by atoms with E-state index in [0.717, 1.165) is 0 Å². The lowest BCUT2D eigenvalue weighted by atomic mass is 10.1. The molecule has 0 saturated carbocycles. The second-order valence-corrected chi connectivity index (χ2v) is 5.16. The van der Waals surface area contributed by atoms with Gasteiger partial charge >= 0.3 is 6.18 Å². The number of rotatable bonds is 5. The third-order valence-corrected chi connectivity index (χ3v) is 2.93. The third kappa shape index (κ3) is 5.34. The summed E-state index contributed by atoms with van der Waals surface area (Å²) in [4.78, 5) is 13.8. The van der Waals surface area contributed by atoms with Crippen LogP contribution in [-0.4, -0.2) is 37.5 Å². The predicted molar refractivity (Wildman–Crippen MR) is 71.5 cm³/mol. The van der Waals surface area contributed by atoms with Crippen LogP contribution in [0.25, 0.3) is 0 Å². The number of carbonyl (C=O) groups excluding carboxylic acids is 1. The first-order valence-corrected chi connectivity index (χ1v) is 6.43. The Labute approximate surface area is 120 Å². The number of alkyl halides is 3. The van der Waals surface area contributed by atoms with Crippen molar-refractivity contribution in [2.45, 2.75) is 25.6 Å². The first kappa shape index (κ1) is 17.4. The number of hydrogen-bond acceptors (Lipinski definition) is 2. The highest BCUT2D eigenvalue weighted by Crippen LogP contribution is 2.30. The van der Waals surface area contributed by atoms with Gasteiger partial charge in [-0.1, -0.05) is 0 Å². The molecule has 1 atom stereocenters. The zero-order valence-electron chi connectivity index (χ0n) is 12.1. The Morgan fingerprint density at radius 2 is 1.95 bits per heavy atom. The van der Waals surface area contributed by atoms with Crippen molar-refractivity contribution >= 4 is 5.91 Å². The molecule has 1 aromatic carbocycles. The molecule has 0 aromatic heterocycles. The van der Waals surface area contributed by atoms with Gasteiger partial charge in [-0.15, -0.1) is 0 Å². The van der Waals surface area contributed by atoms with Crippen molar-refractivity contribution in [1.82, 2.24) is 10.2 Å². The van der Waals surface area contributed by atoms with Crippen molar-refractivity contribution in [2.75, 3.05) is 20.6 Å². The number of carbonyl (C=O) groups is 1. The molecular weight excluding hydrogens is 288 g/mol. The summed E-state index contributed by atoms with van der Waals surface area (Å²) in [5.74, 6) is -1.81. The monoisotopic (exact) mass is 306 g/mol. The minimum absolute atomic E-state index is 0.270. The Hall–Kier alpha value is -1.63. The Kier molecular flexibility index (Phi) is 5.71. The van der Waals surface area contributed by atoms with Crippen molar-refractivity contribution < 1.29 is 22.4 Å². The average Bonchev–Trinajstić information content (AvgIpc) is 2.35. The first-order valence-electron chi connectivity index (χ1n) is 6.43. The second kappa shape index (κ2) is 6.89. The largest absolute Gasteiger partial charge is 0.416 e. The van der Waals surface area contributed by atoms with Crippen molar-refractivity contribution in [3.63, 3.8) is 0 Å². The Morgan fingerprint density at radius 1 is 1.33 bits per heavy atom. The highest BCUT2D eigenvalue weighted by molar-refractivity contribution is 5.94. The van der Waals surface area contributed by atoms with Gasteiger partial charge in [0.2, 0.25) is 0 Å². The summed E-state index contributed by atoms with van der Waals surface area (Å²) in [6.07, 6.45) is -4.00. The second-order valence-electron chi connectivity index (χ2n) is 5.16. The van der Waals surface area contributed by atoms with E-state index in [0.29, 0.717) is 31.2 Å². The lowest BCUT2D eigenvalue weighted by Gasteiger charge is -2.17. The van der Waals surface area contributed by atoms with Gasteiger partial charge in [-0.3, -0.25) is 4.79 Å². The standard InChI is InChI=1S/C14H18F4N2O/c1-9(6-7-20(2)3)19-13(21)11-8-10(14(16,17)18)4-5-12(11)15/h4-5,8-9H,6-7H2,1-3H3,(H,19,21). The van der Waals surface area contributed by atoms with Crippen LogP contribution in [0.2, 0.25) is 0 Å². The van der Waals surface area contributed by atoms with E-state index in [-0.39, 0.29) is 6.04 Å². The number of nitrogens with zero attached hydrogens (tertiary/aromatic N) is 1. The van der Waals surface area contributed by atoms with E-state index in [1.165, 1.54) is 0 Å². The van der Waals surface area contributed by atoms with Gasteiger partial charge in [-0.25, -0.2) is 4.39 Å². The smallest absolute Gasteiger partial charge is 0.349 e. The number of benzene rings is 1. The van der Waals surface area contributed by atoms with Crippen LogP contribution in [0, 0.1) is 5.82 Å². The summed E-state index contributed by atoms with van der Waals surface area (Å²) >= 11 is 0. The maximum absolute atomic E-state index is 13.5. The molecule has 0 fully saturated rings. The van der Waals surface area contributed by atoms with Crippen LogP contribution < -0.4 is 5.32 Å². The van der Waals surface area contributed by atoms with Crippen molar-refractivity contribution in [3.05, 3.63) is 35.1 Å². The van der Waals surface area contributed by atoms with Crippen LogP contribution in [0.15, 0.2) is 18.2 Å². The fourth-order valence-electron chi connectivity index (χ4n) is 1.70. The summed E-state index contributed by atoms with van der Waals surface area (Å²) < 4.78 is 51.3. The maximum atomic E-state index is 13.5. The summed E-state index contributed by atoms with van der Waals surface area (Å²) in [6, 6.07) is 1.53. The SMILES string of the molecule is CC(CCN(C)C)NC(=O)c1cc(C(F)(F)F)ccc1F. The fraction of sp³-hybridized carbons (Fsp3) is 0.500. The fourth-order valence-corrected chi connectivity index (χ4v) is 1.70. The molecule has 7 heteroatoms. The first-order chi connectivity index (χ1) is 9.61. The lowest BCUT2D eigenvalue weighted by Crippen LogP contribution is -2.35. The van der Waals surface area contributed by atoms with Gasteiger partial charge in [0, 0.05) is 6.04 Å². The van der Waals surface area contributed by atoms with Crippen LogP contribution in [0.5, 0.6) is 0 Å². The van der Waals surface area contributed by atoms with Gasteiger partial charge in [0.25, 0.3) is 5.91 Å². The van der Waals surface area contributed by atoms with Gasteiger partial charge in [0.1, 0.15) is 5.82 Å². The Morgan fingerprint density at radius 3 is 2.48 bits per heavy atom. The maximum Gasteiger partial charge on any atom is 0.416 e. The molecule has 0 spiro atoms. The van der Waals surface area contributed by atoms with Crippen molar-refractivity contribution in [3.8, 4) is 0 Å². The third-order valence-electron chi connectivity index (χ3n) is 2.93. The number of amides is 1. The van der Waals surface area contributed by atoms with Crippen LogP contribution >= 0.6 is 0 Å². The molecule has 1 rings (SSSR count). The zero-order chi connectivity index (χ0) is 16.2. The molecule has 0 aliphatic heterocycles. The zero-order valence-corrected chi connectivity index (χ0v) is 12.1. The quantitative estimate of drug-likeness (QED) is 0.848. The van der Waals surface area contributed by atoms with Gasteiger partial charge in [-0.05, 0) is 52.2 Å². The van der Waals surface area contributed by atoms with Crippen molar-refractivity contribution in [2.24, 2.45) is 0 Å². The van der Waals surface area contributed by atoms with E-state index in [4.69, 9.17) is 0 Å². The minimum Gasteiger partial charge on any atom is -0.349 e. The molecule has 1 N–H and O–H groups in total. The summed E-state index contributed by atoms with van der Waals surface area (Å²) in [5, 5.41) is 2.50. The highest BCUT2D eigenvalue weighted by atomic mass is 19.4. The normalized spacial score (nSPS) is 13.3. The molecule has 3 nitrogen and oxygen atoms in total. The van der Waals surface area contributed by atoms with Gasteiger partial charge in [0.05, 0.1) is 11.1 Å². The predicted octanol–water partition coefficient (Wildman–Crippen LogP) is 2.91. The number of hydrogen-bond donors (Lipinski definition) is 1. The number of halogens is 4. The minimum atomic E-state index is -4.61. The average molecular weight is 306 g/mol. The topological polar surface area (TPSA) is 32.3 Å². The summed E-state index contributed by atoms with van der Waals surface area (Å²) in [5.41, 5.74) is -1.64. The molecular formula is C14H18F4N2O. The molecule has 0 saturated heterocycles. The Balaban J connectivity index is 2.82. The van der Waals surface area contributed by atoms with Gasteiger partial charge in [0.15, 0.2) is 0 Å². The van der Waals surface area contributed by atoms with Gasteiger partial charge < -0.3 is 10.2 Å². The van der Waals surface area contributed by atoms with E-state index >= 15 is 0 Å². The van der Waals surface area contributed by atoms with E-state index in [9.17, 15) is 22.4 Å². The molecule has 0 aliphatic carbocycles. The van der Waals surface area contributed by atoms with E-state index in [1.807, 2.05) is 19.0 Å². The summed E-state index contributed by atoms with van der Waals surface area (Å²) in [6.45, 7) is 2.42. The molecule has 1 aromatic rings. The molecule has 0 radical (unpaired) electrons. The van der Waals surface area contributed by atoms with Crippen molar-refractivity contribution in [1.29, 1.82) is 0 Å². The van der Waals surface area contributed by atoms with Crippen LogP contribution in [0.1, 0.15) is 29.3 Å². The van der Waals surface area contributed by atoms with Crippen LogP contribution in [-0.2, 0) is 6.18 Å².